The highest BCUT2D eigenvalue weighted by Gasteiger charge is 2.69. The minimum Gasteiger partial charge on any atom is -0.396 e. The number of Topliss-reactive ketones (excluding diaryl/α,β-unsaturated/α-hetero) is 1. The van der Waals surface area contributed by atoms with Gasteiger partial charge in [-0.05, 0) is 61.2 Å². The summed E-state index contributed by atoms with van der Waals surface area (Å²) in [7, 11) is 0. The number of aliphatic hydroxyl groups is 3. The number of hydrogen-bond acceptors (Lipinski definition) is 4. The van der Waals surface area contributed by atoms with Gasteiger partial charge in [0.15, 0.2) is 0 Å². The maximum Gasteiger partial charge on any atom is 0.147 e. The van der Waals surface area contributed by atoms with Crippen molar-refractivity contribution >= 4 is 5.78 Å². The Morgan fingerprint density at radius 1 is 1.24 bits per heavy atom. The fourth-order valence-corrected chi connectivity index (χ4v) is 7.11. The monoisotopic (exact) mass is 352 g/mol. The lowest BCUT2D eigenvalue weighted by Gasteiger charge is -2.57. The summed E-state index contributed by atoms with van der Waals surface area (Å²) in [4.78, 5) is 13.4. The zero-order valence-electron chi connectivity index (χ0n) is 16.3. The van der Waals surface area contributed by atoms with Crippen LogP contribution in [0.15, 0.2) is 0 Å². The molecule has 2 bridgehead atoms. The molecule has 3 rings (SSSR count). The summed E-state index contributed by atoms with van der Waals surface area (Å²) in [6.45, 7) is 8.37. The Bertz CT molecular complexity index is 534. The minimum atomic E-state index is -1.01. The zero-order valence-corrected chi connectivity index (χ0v) is 16.3. The summed E-state index contributed by atoms with van der Waals surface area (Å²) < 4.78 is 0. The molecule has 0 radical (unpaired) electrons. The van der Waals surface area contributed by atoms with Gasteiger partial charge in [0.1, 0.15) is 5.78 Å². The van der Waals surface area contributed by atoms with Crippen LogP contribution in [0.3, 0.4) is 0 Å². The fraction of sp³-hybridized carbons (Fsp3) is 0.952. The van der Waals surface area contributed by atoms with Gasteiger partial charge < -0.3 is 15.3 Å². The normalized spacial score (nSPS) is 51.6. The van der Waals surface area contributed by atoms with Crippen LogP contribution in [0.1, 0.15) is 72.6 Å². The molecule has 0 aromatic carbocycles. The van der Waals surface area contributed by atoms with Gasteiger partial charge in [0, 0.05) is 12.5 Å². The summed E-state index contributed by atoms with van der Waals surface area (Å²) in [5.74, 6) is -0.108. The first-order chi connectivity index (χ1) is 11.7. The van der Waals surface area contributed by atoms with E-state index in [1.165, 1.54) is 0 Å². The molecule has 4 heteroatoms. The quantitative estimate of drug-likeness (QED) is 0.727. The number of aliphatic hydroxyl groups excluding tert-OH is 3. The van der Waals surface area contributed by atoms with Crippen molar-refractivity contribution < 1.29 is 20.1 Å². The van der Waals surface area contributed by atoms with Crippen molar-refractivity contribution in [3.63, 3.8) is 0 Å². The predicted octanol–water partition coefficient (Wildman–Crippen LogP) is 2.93. The lowest BCUT2D eigenvalue weighted by Crippen LogP contribution is -2.60. The third kappa shape index (κ3) is 2.55. The molecule has 0 aromatic rings. The molecule has 3 aliphatic carbocycles. The van der Waals surface area contributed by atoms with E-state index in [0.717, 1.165) is 38.5 Å². The third-order valence-electron chi connectivity index (χ3n) is 8.26. The molecule has 144 valence electrons. The average Bonchev–Trinajstić information content (AvgIpc) is 2.70. The predicted molar refractivity (Wildman–Crippen MR) is 96.9 cm³/mol. The van der Waals surface area contributed by atoms with Crippen molar-refractivity contribution in [2.75, 3.05) is 6.61 Å². The number of hydrogen-bond donors (Lipinski definition) is 3. The molecule has 3 aliphatic rings. The van der Waals surface area contributed by atoms with Gasteiger partial charge in [-0.15, -0.1) is 0 Å². The largest absolute Gasteiger partial charge is 0.396 e. The van der Waals surface area contributed by atoms with E-state index in [0.29, 0.717) is 6.42 Å². The van der Waals surface area contributed by atoms with Crippen LogP contribution in [0.5, 0.6) is 0 Å². The second-order valence-corrected chi connectivity index (χ2v) is 9.90. The molecule has 8 atom stereocenters. The van der Waals surface area contributed by atoms with E-state index in [1.54, 1.807) is 0 Å². The Balaban J connectivity index is 2.06. The average molecular weight is 353 g/mol. The molecule has 3 saturated carbocycles. The van der Waals surface area contributed by atoms with Crippen LogP contribution in [0.25, 0.3) is 0 Å². The summed E-state index contributed by atoms with van der Waals surface area (Å²) in [5, 5.41) is 32.1. The minimum absolute atomic E-state index is 0.00942. The van der Waals surface area contributed by atoms with Crippen LogP contribution in [-0.2, 0) is 4.79 Å². The molecule has 0 heterocycles. The molecule has 3 fully saturated rings. The van der Waals surface area contributed by atoms with E-state index in [1.807, 2.05) is 13.8 Å². The van der Waals surface area contributed by atoms with Crippen LogP contribution in [-0.4, -0.2) is 39.9 Å². The molecule has 25 heavy (non-hydrogen) atoms. The topological polar surface area (TPSA) is 77.8 Å². The molecule has 0 spiro atoms. The lowest BCUT2D eigenvalue weighted by molar-refractivity contribution is -0.178. The molecule has 4 nitrogen and oxygen atoms in total. The first kappa shape index (κ1) is 19.3. The second kappa shape index (κ2) is 6.31. The lowest BCUT2D eigenvalue weighted by atomic mass is 9.48. The summed E-state index contributed by atoms with van der Waals surface area (Å²) >= 11 is 0. The maximum atomic E-state index is 13.4. The fourth-order valence-electron chi connectivity index (χ4n) is 7.11. The SMILES string of the molecule is CC[C@@H](O)[C@]12C(=O)C(C)[C@H](CC[C@H]1[C@]1(C)CCC[C@](C)(CO)C1)[C@H]2O. The van der Waals surface area contributed by atoms with Crippen LogP contribution in [0.2, 0.25) is 0 Å². The van der Waals surface area contributed by atoms with Gasteiger partial charge >= 0.3 is 0 Å². The van der Waals surface area contributed by atoms with Crippen LogP contribution in [0.4, 0.5) is 0 Å². The van der Waals surface area contributed by atoms with Crippen LogP contribution in [0, 0.1) is 34.0 Å². The number of fused-ring (bicyclic) bond motifs is 2. The Morgan fingerprint density at radius 2 is 1.92 bits per heavy atom. The van der Waals surface area contributed by atoms with E-state index in [4.69, 9.17) is 0 Å². The summed E-state index contributed by atoms with van der Waals surface area (Å²) in [6.07, 6.45) is 4.63. The van der Waals surface area contributed by atoms with Gasteiger partial charge in [-0.3, -0.25) is 4.79 Å². The van der Waals surface area contributed by atoms with Gasteiger partial charge in [0.05, 0.1) is 17.6 Å². The smallest absolute Gasteiger partial charge is 0.147 e. The molecule has 0 saturated heterocycles. The van der Waals surface area contributed by atoms with Gasteiger partial charge in [0.25, 0.3) is 0 Å². The number of carbonyl (C=O) groups is 1. The van der Waals surface area contributed by atoms with Crippen LogP contribution >= 0.6 is 0 Å². The molecule has 0 aromatic heterocycles. The second-order valence-electron chi connectivity index (χ2n) is 9.90. The van der Waals surface area contributed by atoms with Crippen molar-refractivity contribution in [1.82, 2.24) is 0 Å². The van der Waals surface area contributed by atoms with E-state index in [2.05, 4.69) is 13.8 Å². The first-order valence-corrected chi connectivity index (χ1v) is 10.2. The molecular weight excluding hydrogens is 316 g/mol. The van der Waals surface area contributed by atoms with Crippen molar-refractivity contribution in [3.8, 4) is 0 Å². The van der Waals surface area contributed by atoms with Gasteiger partial charge in [-0.2, -0.15) is 0 Å². The Kier molecular flexibility index (Phi) is 4.88. The number of rotatable bonds is 4. The Labute approximate surface area is 152 Å². The van der Waals surface area contributed by atoms with E-state index >= 15 is 0 Å². The first-order valence-electron chi connectivity index (χ1n) is 10.2. The van der Waals surface area contributed by atoms with Gasteiger partial charge in [-0.1, -0.05) is 34.1 Å². The van der Waals surface area contributed by atoms with Crippen LogP contribution < -0.4 is 0 Å². The number of ketones is 1. The Morgan fingerprint density at radius 3 is 2.52 bits per heavy atom. The maximum absolute atomic E-state index is 13.4. The highest BCUT2D eigenvalue weighted by Crippen LogP contribution is 2.65. The van der Waals surface area contributed by atoms with Gasteiger partial charge in [-0.25, -0.2) is 0 Å². The summed E-state index contributed by atoms with van der Waals surface area (Å²) in [6, 6.07) is 0. The standard InChI is InChI=1S/C21H36O4/c1-5-16(23)21-15(8-7-14(18(21)25)13(2)17(21)24)20(4)10-6-9-19(3,11-20)12-22/h13-16,18,22-23,25H,5-12H2,1-4H3/t13?,14-,15-,16+,18+,19-,20+,21-/m0/s1. The molecule has 1 unspecified atom stereocenters. The van der Waals surface area contributed by atoms with E-state index in [9.17, 15) is 20.1 Å². The third-order valence-corrected chi connectivity index (χ3v) is 8.26. The van der Waals surface area contributed by atoms with E-state index < -0.39 is 17.6 Å². The molecule has 0 amide bonds. The van der Waals surface area contributed by atoms with Crippen molar-refractivity contribution in [3.05, 3.63) is 0 Å². The molecule has 3 N–H and O–H groups in total. The number of carbonyl (C=O) groups excluding carboxylic acids is 1. The summed E-state index contributed by atoms with van der Waals surface area (Å²) in [5.41, 5.74) is -1.27. The highest BCUT2D eigenvalue weighted by atomic mass is 16.3. The van der Waals surface area contributed by atoms with Crippen molar-refractivity contribution in [2.24, 2.45) is 34.0 Å². The zero-order chi connectivity index (χ0) is 18.6. The highest BCUT2D eigenvalue weighted by molar-refractivity contribution is 5.91. The van der Waals surface area contributed by atoms with Crippen molar-refractivity contribution in [1.29, 1.82) is 0 Å². The van der Waals surface area contributed by atoms with E-state index in [-0.39, 0.29) is 41.0 Å². The molecular formula is C21H36O4. The molecule has 0 aliphatic heterocycles. The Hall–Kier alpha value is -0.450. The van der Waals surface area contributed by atoms with Crippen molar-refractivity contribution in [2.45, 2.75) is 84.8 Å². The van der Waals surface area contributed by atoms with Gasteiger partial charge in [0.2, 0.25) is 0 Å².